The first-order chi connectivity index (χ1) is 20.5. The molecule has 0 aliphatic carbocycles. The second-order valence-electron chi connectivity index (χ2n) is 8.75. The molecule has 0 radical (unpaired) electrons. The van der Waals surface area contributed by atoms with Crippen molar-refractivity contribution in [2.24, 2.45) is 0 Å². The Balaban J connectivity index is 1.40. The van der Waals surface area contributed by atoms with Crippen molar-refractivity contribution in [3.05, 3.63) is 115 Å². The van der Waals surface area contributed by atoms with Crippen LogP contribution in [0.3, 0.4) is 0 Å². The van der Waals surface area contributed by atoms with Crippen molar-refractivity contribution in [2.75, 3.05) is 19.8 Å². The number of hydrogen-bond acceptors (Lipinski definition) is 8. The molecule has 3 aromatic carbocycles. The van der Waals surface area contributed by atoms with E-state index in [1.165, 1.54) is 0 Å². The van der Waals surface area contributed by atoms with Gasteiger partial charge in [0.15, 0.2) is 0 Å². The van der Waals surface area contributed by atoms with Gasteiger partial charge < -0.3 is 18.9 Å². The Morgan fingerprint density at radius 3 is 1.86 bits per heavy atom. The van der Waals surface area contributed by atoms with Crippen LogP contribution in [0.25, 0.3) is 0 Å². The zero-order valence-electron chi connectivity index (χ0n) is 23.2. The van der Waals surface area contributed by atoms with E-state index in [2.05, 4.69) is 29.7 Å². The fourth-order valence-electron chi connectivity index (χ4n) is 3.42. The van der Waals surface area contributed by atoms with Crippen molar-refractivity contribution in [2.45, 2.75) is 30.6 Å². The fraction of sp³-hybridized carbons (Fsp3) is 0.206. The van der Waals surface area contributed by atoms with Gasteiger partial charge in [-0.1, -0.05) is 25.0 Å². The van der Waals surface area contributed by atoms with Gasteiger partial charge >= 0.3 is 11.9 Å². The molecule has 0 bridgehead atoms. The lowest BCUT2D eigenvalue weighted by Crippen LogP contribution is -2.04. The molecular formula is C34H32O7S. The number of carbonyl (C=O) groups is 3. The van der Waals surface area contributed by atoms with Crippen LogP contribution < -0.4 is 9.47 Å². The molecule has 0 saturated carbocycles. The van der Waals surface area contributed by atoms with Crippen LogP contribution in [0.4, 0.5) is 0 Å². The Morgan fingerprint density at radius 1 is 0.714 bits per heavy atom. The maximum Gasteiger partial charge on any atom is 0.330 e. The molecule has 0 heterocycles. The molecule has 0 spiro atoms. The molecule has 0 unspecified atom stereocenters. The summed E-state index contributed by atoms with van der Waals surface area (Å²) in [5.74, 6) is 6.88. The van der Waals surface area contributed by atoms with E-state index in [0.29, 0.717) is 44.0 Å². The van der Waals surface area contributed by atoms with Gasteiger partial charge in [0.05, 0.1) is 26.1 Å². The quantitative estimate of drug-likeness (QED) is 0.0484. The fourth-order valence-corrected chi connectivity index (χ4v) is 4.16. The van der Waals surface area contributed by atoms with Gasteiger partial charge in [0.1, 0.15) is 11.5 Å². The number of hydrogen-bond donors (Lipinski definition) is 0. The smallest absolute Gasteiger partial charge is 0.330 e. The molecule has 0 atom stereocenters. The number of esters is 2. The number of thioether (sulfide) groups is 1. The predicted octanol–water partition coefficient (Wildman–Crippen LogP) is 6.75. The molecular weight excluding hydrogens is 552 g/mol. The van der Waals surface area contributed by atoms with Crippen LogP contribution in [0, 0.1) is 11.8 Å². The number of unbranched alkanes of at least 4 members (excludes halogenated alkanes) is 1. The van der Waals surface area contributed by atoms with E-state index in [9.17, 15) is 14.4 Å². The third-order valence-electron chi connectivity index (χ3n) is 5.59. The first kappa shape index (κ1) is 31.8. The minimum atomic E-state index is -0.416. The zero-order valence-corrected chi connectivity index (χ0v) is 24.0. The summed E-state index contributed by atoms with van der Waals surface area (Å²) in [5.41, 5.74) is 2.22. The summed E-state index contributed by atoms with van der Waals surface area (Å²) in [6, 6.07) is 21.9. The highest BCUT2D eigenvalue weighted by Crippen LogP contribution is 2.25. The van der Waals surface area contributed by atoms with Gasteiger partial charge in [-0.05, 0) is 104 Å². The average molecular weight is 585 g/mol. The van der Waals surface area contributed by atoms with Gasteiger partial charge in [-0.2, -0.15) is 0 Å². The highest BCUT2D eigenvalue weighted by molar-refractivity contribution is 8.14. The SMILES string of the molecule is C=COC(=O)CCCOc1ccc(SC(=O)c2ccc(C#Cc3ccc(OCCCCOC(=O)C=C)cc3)cc2)cc1. The molecule has 0 amide bonds. The average Bonchev–Trinajstić information content (AvgIpc) is 3.01. The largest absolute Gasteiger partial charge is 0.494 e. The Hall–Kier alpha value is -4.74. The highest BCUT2D eigenvalue weighted by Gasteiger charge is 2.09. The Kier molecular flexibility index (Phi) is 13.5. The van der Waals surface area contributed by atoms with E-state index < -0.39 is 5.97 Å². The summed E-state index contributed by atoms with van der Waals surface area (Å²) in [7, 11) is 0. The van der Waals surface area contributed by atoms with Gasteiger partial charge in [0, 0.05) is 34.1 Å². The third-order valence-corrected chi connectivity index (χ3v) is 6.52. The molecule has 0 N–H and O–H groups in total. The van der Waals surface area contributed by atoms with Crippen molar-refractivity contribution in [1.82, 2.24) is 0 Å². The van der Waals surface area contributed by atoms with Gasteiger partial charge in [0.2, 0.25) is 5.12 Å². The van der Waals surface area contributed by atoms with Gasteiger partial charge in [-0.25, -0.2) is 4.79 Å². The number of benzene rings is 3. The van der Waals surface area contributed by atoms with Crippen molar-refractivity contribution in [3.63, 3.8) is 0 Å². The van der Waals surface area contributed by atoms with Crippen molar-refractivity contribution < 1.29 is 33.3 Å². The van der Waals surface area contributed by atoms with Crippen molar-refractivity contribution >= 4 is 28.8 Å². The summed E-state index contributed by atoms with van der Waals surface area (Å²) in [6.45, 7) is 7.96. The highest BCUT2D eigenvalue weighted by atomic mass is 32.2. The Bertz CT molecular complexity index is 1400. The van der Waals surface area contributed by atoms with Gasteiger partial charge in [-0.15, -0.1) is 0 Å². The molecule has 0 aliphatic rings. The summed E-state index contributed by atoms with van der Waals surface area (Å²) in [4.78, 5) is 35.8. The lowest BCUT2D eigenvalue weighted by Gasteiger charge is -2.07. The Labute approximate surface area is 250 Å². The third kappa shape index (κ3) is 11.8. The lowest BCUT2D eigenvalue weighted by molar-refractivity contribution is -0.139. The van der Waals surface area contributed by atoms with Crippen LogP contribution in [0.5, 0.6) is 11.5 Å². The maximum absolute atomic E-state index is 12.7. The molecule has 0 aliphatic heterocycles. The van der Waals surface area contributed by atoms with Crippen LogP contribution in [0.2, 0.25) is 0 Å². The van der Waals surface area contributed by atoms with Crippen LogP contribution in [-0.4, -0.2) is 36.9 Å². The summed E-state index contributed by atoms with van der Waals surface area (Å²) in [5, 5.41) is -0.0720. The molecule has 216 valence electrons. The van der Waals surface area contributed by atoms with E-state index in [1.807, 2.05) is 48.5 Å². The van der Waals surface area contributed by atoms with Crippen LogP contribution in [0.1, 0.15) is 47.2 Å². The van der Waals surface area contributed by atoms with Gasteiger partial charge in [-0.3, -0.25) is 9.59 Å². The number of rotatable bonds is 15. The summed E-state index contributed by atoms with van der Waals surface area (Å²) in [6.07, 6.45) is 4.53. The second-order valence-corrected chi connectivity index (χ2v) is 9.79. The molecule has 0 aromatic heterocycles. The first-order valence-electron chi connectivity index (χ1n) is 13.4. The minimum Gasteiger partial charge on any atom is -0.494 e. The normalized spacial score (nSPS) is 10.0. The molecule has 0 fully saturated rings. The minimum absolute atomic E-state index is 0.0720. The van der Waals surface area contributed by atoms with Crippen LogP contribution >= 0.6 is 11.8 Å². The summed E-state index contributed by atoms with van der Waals surface area (Å²) >= 11 is 1.14. The van der Waals surface area contributed by atoms with Crippen LogP contribution in [0.15, 0.2) is 103 Å². The zero-order chi connectivity index (χ0) is 30.0. The molecule has 3 aromatic rings. The van der Waals surface area contributed by atoms with E-state index in [-0.39, 0.29) is 17.5 Å². The van der Waals surface area contributed by atoms with E-state index in [1.54, 1.807) is 24.3 Å². The first-order valence-corrected chi connectivity index (χ1v) is 14.2. The monoisotopic (exact) mass is 584 g/mol. The molecule has 7 nitrogen and oxygen atoms in total. The predicted molar refractivity (Wildman–Crippen MR) is 162 cm³/mol. The van der Waals surface area contributed by atoms with Crippen molar-refractivity contribution in [3.8, 4) is 23.3 Å². The molecule has 0 saturated heterocycles. The number of carbonyl (C=O) groups excluding carboxylic acids is 3. The molecule has 8 heteroatoms. The lowest BCUT2D eigenvalue weighted by atomic mass is 10.1. The maximum atomic E-state index is 12.7. The molecule has 42 heavy (non-hydrogen) atoms. The Morgan fingerprint density at radius 2 is 1.26 bits per heavy atom. The number of ether oxygens (including phenoxy) is 4. The van der Waals surface area contributed by atoms with Crippen LogP contribution in [-0.2, 0) is 19.1 Å². The van der Waals surface area contributed by atoms with Crippen molar-refractivity contribution in [1.29, 1.82) is 0 Å². The standard InChI is InChI=1S/C34H32O7S/c1-3-32(35)41-24-6-5-23-39-29-17-13-27(14-18-29)10-9-26-11-15-28(16-12-26)34(37)42-31-21-19-30(20-22-31)40-25-7-8-33(36)38-4-2/h3-4,11-22H,1-2,5-8,23-25H2. The molecule has 3 rings (SSSR count). The van der Waals surface area contributed by atoms with Gasteiger partial charge in [0.25, 0.3) is 0 Å². The van der Waals surface area contributed by atoms with E-state index in [0.717, 1.165) is 52.3 Å². The second kappa shape index (κ2) is 17.8. The summed E-state index contributed by atoms with van der Waals surface area (Å²) < 4.78 is 20.9. The van der Waals surface area contributed by atoms with E-state index in [4.69, 9.17) is 14.2 Å². The van der Waals surface area contributed by atoms with E-state index >= 15 is 0 Å². The topological polar surface area (TPSA) is 88.1 Å².